The van der Waals surface area contributed by atoms with Gasteiger partial charge in [-0.05, 0) is 13.0 Å². The van der Waals surface area contributed by atoms with E-state index in [4.69, 9.17) is 28.5 Å². The number of carbonyl (C=O) groups excluding carboxylic acids is 1. The first-order chi connectivity index (χ1) is 11.6. The quantitative estimate of drug-likeness (QED) is 0.760. The number of methoxy groups -OCH3 is 2. The zero-order chi connectivity index (χ0) is 17.3. The molecule has 0 fully saturated rings. The third-order valence-corrected chi connectivity index (χ3v) is 3.96. The fourth-order valence-electron chi connectivity index (χ4n) is 2.79. The fourth-order valence-corrected chi connectivity index (χ4v) is 2.79. The van der Waals surface area contributed by atoms with Crippen molar-refractivity contribution in [3.8, 4) is 23.0 Å². The molecule has 3 rings (SSSR count). The van der Waals surface area contributed by atoms with Gasteiger partial charge in [0.05, 0.1) is 26.7 Å². The van der Waals surface area contributed by atoms with E-state index >= 15 is 0 Å². The third kappa shape index (κ3) is 2.47. The molecular weight excluding hydrogens is 318 g/mol. The van der Waals surface area contributed by atoms with E-state index in [0.29, 0.717) is 28.6 Å². The van der Waals surface area contributed by atoms with E-state index in [2.05, 4.69) is 5.16 Å². The predicted molar refractivity (Wildman–Crippen MR) is 82.7 cm³/mol. The molecule has 0 saturated heterocycles. The van der Waals surface area contributed by atoms with Gasteiger partial charge in [-0.25, -0.2) is 4.79 Å². The summed E-state index contributed by atoms with van der Waals surface area (Å²) < 4.78 is 26.8. The van der Waals surface area contributed by atoms with Crippen LogP contribution in [0.5, 0.6) is 23.0 Å². The van der Waals surface area contributed by atoms with Crippen molar-refractivity contribution in [3.05, 3.63) is 11.6 Å². The van der Waals surface area contributed by atoms with Gasteiger partial charge in [0.15, 0.2) is 23.3 Å². The van der Waals surface area contributed by atoms with Crippen molar-refractivity contribution in [2.45, 2.75) is 20.0 Å². The van der Waals surface area contributed by atoms with Crippen LogP contribution < -0.4 is 18.9 Å². The molecule has 2 aliphatic heterocycles. The molecule has 2 heterocycles. The Hall–Kier alpha value is -2.64. The van der Waals surface area contributed by atoms with Gasteiger partial charge in [-0.15, -0.1) is 0 Å². The molecule has 2 unspecified atom stereocenters. The molecule has 8 nitrogen and oxygen atoms in total. The summed E-state index contributed by atoms with van der Waals surface area (Å²) in [6, 6.07) is 1.75. The zero-order valence-corrected chi connectivity index (χ0v) is 14.0. The van der Waals surface area contributed by atoms with Crippen LogP contribution in [-0.2, 0) is 14.4 Å². The van der Waals surface area contributed by atoms with Gasteiger partial charge in [0.2, 0.25) is 18.3 Å². The number of esters is 1. The highest BCUT2D eigenvalue weighted by Gasteiger charge is 2.40. The monoisotopic (exact) mass is 337 g/mol. The number of ether oxygens (including phenoxy) is 5. The molecule has 8 heteroatoms. The van der Waals surface area contributed by atoms with E-state index in [1.54, 1.807) is 13.0 Å². The van der Waals surface area contributed by atoms with Gasteiger partial charge >= 0.3 is 5.97 Å². The van der Waals surface area contributed by atoms with Crippen LogP contribution in [0.1, 0.15) is 25.5 Å². The lowest BCUT2D eigenvalue weighted by atomic mass is 9.92. The second-order valence-corrected chi connectivity index (χ2v) is 5.28. The highest BCUT2D eigenvalue weighted by molar-refractivity contribution is 6.37. The minimum absolute atomic E-state index is 0.0805. The molecule has 0 bridgehead atoms. The van der Waals surface area contributed by atoms with Crippen molar-refractivity contribution in [2.75, 3.05) is 27.6 Å². The van der Waals surface area contributed by atoms with Crippen LogP contribution >= 0.6 is 0 Å². The van der Waals surface area contributed by atoms with Crippen molar-refractivity contribution in [1.82, 2.24) is 0 Å². The smallest absolute Gasteiger partial charge is 0.356 e. The molecule has 2 atom stereocenters. The lowest BCUT2D eigenvalue weighted by molar-refractivity contribution is -0.135. The minimum Gasteiger partial charge on any atom is -0.493 e. The van der Waals surface area contributed by atoms with Crippen LogP contribution in [-0.4, -0.2) is 39.3 Å². The molecular formula is C16H19NO7. The Labute approximate surface area is 139 Å². The number of hydrogen-bond donors (Lipinski definition) is 0. The van der Waals surface area contributed by atoms with Crippen LogP contribution in [0.3, 0.4) is 0 Å². The summed E-state index contributed by atoms with van der Waals surface area (Å²) in [5.74, 6) is 1.10. The average Bonchev–Trinajstić information content (AvgIpc) is 3.20. The highest BCUT2D eigenvalue weighted by Crippen LogP contribution is 2.53. The summed E-state index contributed by atoms with van der Waals surface area (Å²) >= 11 is 0. The van der Waals surface area contributed by atoms with Crippen molar-refractivity contribution in [3.63, 3.8) is 0 Å². The SMILES string of the molecule is CCOC(=O)C1=NOC(c2cc(OC)c3c(c2OC)OCO3)C1C. The summed E-state index contributed by atoms with van der Waals surface area (Å²) in [4.78, 5) is 17.5. The van der Waals surface area contributed by atoms with Gasteiger partial charge in [0.1, 0.15) is 0 Å². The van der Waals surface area contributed by atoms with Crippen LogP contribution in [0.2, 0.25) is 0 Å². The van der Waals surface area contributed by atoms with E-state index in [0.717, 1.165) is 0 Å². The van der Waals surface area contributed by atoms with Crippen LogP contribution in [0.25, 0.3) is 0 Å². The Kier molecular flexibility index (Phi) is 4.37. The Bertz CT molecular complexity index is 685. The Morgan fingerprint density at radius 1 is 1.29 bits per heavy atom. The molecule has 1 aromatic rings. The van der Waals surface area contributed by atoms with Crippen molar-refractivity contribution in [2.24, 2.45) is 11.1 Å². The molecule has 0 spiro atoms. The molecule has 24 heavy (non-hydrogen) atoms. The second kappa shape index (κ2) is 6.46. The summed E-state index contributed by atoms with van der Waals surface area (Å²) in [6.07, 6.45) is -0.525. The first-order valence-electron chi connectivity index (χ1n) is 7.57. The topological polar surface area (TPSA) is 84.8 Å². The minimum atomic E-state index is -0.525. The molecule has 0 N–H and O–H groups in total. The summed E-state index contributed by atoms with van der Waals surface area (Å²) in [6.45, 7) is 3.93. The number of oxime groups is 1. The number of carbonyl (C=O) groups is 1. The van der Waals surface area contributed by atoms with E-state index in [9.17, 15) is 4.79 Å². The largest absolute Gasteiger partial charge is 0.493 e. The second-order valence-electron chi connectivity index (χ2n) is 5.28. The van der Waals surface area contributed by atoms with Crippen LogP contribution in [0.15, 0.2) is 11.2 Å². The third-order valence-electron chi connectivity index (χ3n) is 3.96. The lowest BCUT2D eigenvalue weighted by Gasteiger charge is -2.19. The van der Waals surface area contributed by atoms with Crippen LogP contribution in [0.4, 0.5) is 0 Å². The number of benzene rings is 1. The van der Waals surface area contributed by atoms with E-state index < -0.39 is 12.1 Å². The van der Waals surface area contributed by atoms with Gasteiger partial charge in [-0.3, -0.25) is 0 Å². The summed E-state index contributed by atoms with van der Waals surface area (Å²) in [5, 5.41) is 3.89. The standard InChI is InChI=1S/C16H19NO7/c1-5-21-16(18)11-8(2)12(24-17-11)9-6-10(19-3)14-15(13(9)20-4)23-7-22-14/h6,8,12H,5,7H2,1-4H3. The van der Waals surface area contributed by atoms with Gasteiger partial charge < -0.3 is 28.5 Å². The maximum Gasteiger partial charge on any atom is 0.356 e. The van der Waals surface area contributed by atoms with Crippen LogP contribution in [0, 0.1) is 5.92 Å². The van der Waals surface area contributed by atoms with Crippen molar-refractivity contribution < 1.29 is 33.3 Å². The van der Waals surface area contributed by atoms with Gasteiger partial charge in [-0.1, -0.05) is 12.1 Å². The molecule has 2 aliphatic rings. The lowest BCUT2D eigenvalue weighted by Crippen LogP contribution is -2.24. The number of fused-ring (bicyclic) bond motifs is 1. The molecule has 130 valence electrons. The van der Waals surface area contributed by atoms with Crippen molar-refractivity contribution >= 4 is 11.7 Å². The highest BCUT2D eigenvalue weighted by atomic mass is 16.7. The van der Waals surface area contributed by atoms with Gasteiger partial charge in [0.25, 0.3) is 0 Å². The first kappa shape index (κ1) is 16.2. The maximum atomic E-state index is 12.0. The Balaban J connectivity index is 1.97. The van der Waals surface area contributed by atoms with E-state index in [1.165, 1.54) is 14.2 Å². The van der Waals surface area contributed by atoms with E-state index in [-0.39, 0.29) is 25.0 Å². The molecule has 1 aromatic carbocycles. The molecule has 0 aliphatic carbocycles. The zero-order valence-electron chi connectivity index (χ0n) is 14.0. The fraction of sp³-hybridized carbons (Fsp3) is 0.500. The molecule has 0 saturated carbocycles. The van der Waals surface area contributed by atoms with E-state index in [1.807, 2.05) is 6.92 Å². The Morgan fingerprint density at radius 2 is 2.04 bits per heavy atom. The molecule has 0 radical (unpaired) electrons. The summed E-state index contributed by atoms with van der Waals surface area (Å²) in [7, 11) is 3.06. The molecule has 0 aromatic heterocycles. The van der Waals surface area contributed by atoms with Gasteiger partial charge in [-0.2, -0.15) is 0 Å². The number of rotatable bonds is 5. The number of hydrogen-bond acceptors (Lipinski definition) is 8. The van der Waals surface area contributed by atoms with Crippen molar-refractivity contribution in [1.29, 1.82) is 0 Å². The maximum absolute atomic E-state index is 12.0. The normalized spacial score (nSPS) is 21.1. The first-order valence-corrected chi connectivity index (χ1v) is 7.57. The molecule has 0 amide bonds. The predicted octanol–water partition coefficient (Wildman–Crippen LogP) is 2.06. The summed E-state index contributed by atoms with van der Waals surface area (Å²) in [5.41, 5.74) is 0.898. The Morgan fingerprint density at radius 3 is 2.71 bits per heavy atom. The average molecular weight is 337 g/mol. The number of nitrogens with zero attached hydrogens (tertiary/aromatic N) is 1. The van der Waals surface area contributed by atoms with Gasteiger partial charge in [0, 0.05) is 5.56 Å².